The van der Waals surface area contributed by atoms with Gasteiger partial charge in [-0.3, -0.25) is 9.52 Å². The van der Waals surface area contributed by atoms with Gasteiger partial charge in [0.25, 0.3) is 15.9 Å². The third-order valence-electron chi connectivity index (χ3n) is 3.40. The number of ether oxygens (including phenoxy) is 1. The van der Waals surface area contributed by atoms with E-state index in [-0.39, 0.29) is 28.2 Å². The van der Waals surface area contributed by atoms with Gasteiger partial charge >= 0.3 is 0 Å². The zero-order chi connectivity index (χ0) is 17.5. The molecule has 3 rings (SSSR count). The zero-order valence-corrected chi connectivity index (χ0v) is 14.7. The summed E-state index contributed by atoms with van der Waals surface area (Å²) in [5.74, 6) is -0.0935. The molecule has 6 nitrogen and oxygen atoms in total. The average molecular weight is 387 g/mol. The summed E-state index contributed by atoms with van der Waals surface area (Å²) in [6.45, 7) is 1.57. The van der Waals surface area contributed by atoms with Gasteiger partial charge in [0.1, 0.15) is 10.6 Å². The van der Waals surface area contributed by atoms with Gasteiger partial charge in [-0.25, -0.2) is 8.42 Å². The van der Waals surface area contributed by atoms with Gasteiger partial charge in [0.15, 0.2) is 6.61 Å². The molecule has 126 valence electrons. The molecule has 1 aliphatic heterocycles. The first-order valence-corrected chi connectivity index (χ1v) is 9.05. The number of fused-ring (bicyclic) bond motifs is 1. The molecule has 1 aliphatic rings. The molecule has 0 unspecified atom stereocenters. The van der Waals surface area contributed by atoms with Crippen LogP contribution in [0.4, 0.5) is 11.4 Å². The first-order chi connectivity index (χ1) is 11.3. The van der Waals surface area contributed by atoms with Crippen LogP contribution >= 0.6 is 23.2 Å². The summed E-state index contributed by atoms with van der Waals surface area (Å²) in [4.78, 5) is 11.2. The molecule has 24 heavy (non-hydrogen) atoms. The molecule has 0 atom stereocenters. The summed E-state index contributed by atoms with van der Waals surface area (Å²) >= 11 is 12.0. The third kappa shape index (κ3) is 3.28. The highest BCUT2D eigenvalue weighted by Crippen LogP contribution is 2.36. The fraction of sp³-hybridized carbons (Fsp3) is 0.133. The van der Waals surface area contributed by atoms with Crippen LogP contribution in [0, 0.1) is 6.92 Å². The number of benzene rings is 2. The van der Waals surface area contributed by atoms with Crippen LogP contribution in [0.5, 0.6) is 5.75 Å². The zero-order valence-electron chi connectivity index (χ0n) is 12.4. The van der Waals surface area contributed by atoms with Crippen LogP contribution in [0.1, 0.15) is 5.56 Å². The smallest absolute Gasteiger partial charge is 0.263 e. The van der Waals surface area contributed by atoms with Gasteiger partial charge in [-0.15, -0.1) is 0 Å². The number of aryl methyl sites for hydroxylation is 1. The number of rotatable bonds is 3. The molecule has 0 aromatic heterocycles. The Morgan fingerprint density at radius 3 is 2.71 bits per heavy atom. The number of carbonyl (C=O) groups excluding carboxylic acids is 1. The fourth-order valence-corrected chi connectivity index (χ4v) is 4.03. The maximum Gasteiger partial charge on any atom is 0.263 e. The Morgan fingerprint density at radius 2 is 1.96 bits per heavy atom. The Morgan fingerprint density at radius 1 is 1.21 bits per heavy atom. The minimum atomic E-state index is -3.96. The second-order valence-corrected chi connectivity index (χ2v) is 7.67. The highest BCUT2D eigenvalue weighted by molar-refractivity contribution is 7.92. The van der Waals surface area contributed by atoms with E-state index in [1.807, 2.05) is 0 Å². The molecule has 1 amide bonds. The second-order valence-electron chi connectivity index (χ2n) is 5.18. The molecule has 1 heterocycles. The number of carbonyl (C=O) groups is 1. The number of sulfonamides is 1. The molecule has 2 aromatic carbocycles. The predicted molar refractivity (Wildman–Crippen MR) is 92.6 cm³/mol. The van der Waals surface area contributed by atoms with Crippen LogP contribution in [0.2, 0.25) is 10.0 Å². The molecule has 0 fully saturated rings. The molecule has 0 bridgehead atoms. The van der Waals surface area contributed by atoms with Crippen LogP contribution in [0.3, 0.4) is 0 Å². The van der Waals surface area contributed by atoms with E-state index < -0.39 is 10.0 Å². The Balaban J connectivity index is 2.01. The van der Waals surface area contributed by atoms with E-state index in [9.17, 15) is 13.2 Å². The minimum absolute atomic E-state index is 0.0354. The van der Waals surface area contributed by atoms with E-state index in [4.69, 9.17) is 27.9 Å². The largest absolute Gasteiger partial charge is 0.482 e. The van der Waals surface area contributed by atoms with Gasteiger partial charge in [0, 0.05) is 11.1 Å². The SMILES string of the molecule is Cc1ccc(Cl)cc1NS(=O)(=O)c1cc2c(cc1Cl)NC(=O)CO2. The quantitative estimate of drug-likeness (QED) is 0.845. The van der Waals surface area contributed by atoms with Crippen LogP contribution in [0.25, 0.3) is 0 Å². The highest BCUT2D eigenvalue weighted by atomic mass is 35.5. The van der Waals surface area contributed by atoms with Crippen molar-refractivity contribution in [2.75, 3.05) is 16.6 Å². The summed E-state index contributed by atoms with van der Waals surface area (Å²) in [6.07, 6.45) is 0. The molecule has 0 spiro atoms. The van der Waals surface area contributed by atoms with E-state index in [2.05, 4.69) is 10.0 Å². The molecule has 0 radical (unpaired) electrons. The average Bonchev–Trinajstić information content (AvgIpc) is 2.49. The topological polar surface area (TPSA) is 84.5 Å². The summed E-state index contributed by atoms with van der Waals surface area (Å²) in [5.41, 5.74) is 1.39. The standard InChI is InChI=1S/C15H12Cl2N2O4S/c1-8-2-3-9(16)4-11(8)19-24(21,22)14-6-13-12(5-10(14)17)18-15(20)7-23-13/h2-6,19H,7H2,1H3,(H,18,20). The highest BCUT2D eigenvalue weighted by Gasteiger charge is 2.25. The monoisotopic (exact) mass is 386 g/mol. The molecular formula is C15H12Cl2N2O4S. The van der Waals surface area contributed by atoms with E-state index in [0.717, 1.165) is 0 Å². The van der Waals surface area contributed by atoms with E-state index in [1.54, 1.807) is 19.1 Å². The van der Waals surface area contributed by atoms with Crippen LogP contribution in [-0.4, -0.2) is 20.9 Å². The van der Waals surface area contributed by atoms with Crippen molar-refractivity contribution in [3.63, 3.8) is 0 Å². The van der Waals surface area contributed by atoms with Gasteiger partial charge in [-0.05, 0) is 30.7 Å². The van der Waals surface area contributed by atoms with Crippen molar-refractivity contribution in [2.24, 2.45) is 0 Å². The van der Waals surface area contributed by atoms with Gasteiger partial charge in [-0.1, -0.05) is 29.3 Å². The second kappa shape index (κ2) is 6.16. The Hall–Kier alpha value is -1.96. The van der Waals surface area contributed by atoms with Crippen LogP contribution < -0.4 is 14.8 Å². The van der Waals surface area contributed by atoms with Gasteiger partial charge < -0.3 is 10.1 Å². The lowest BCUT2D eigenvalue weighted by atomic mass is 10.2. The number of halogens is 2. The molecule has 0 aliphatic carbocycles. The van der Waals surface area contributed by atoms with Gasteiger partial charge in [0.2, 0.25) is 0 Å². The van der Waals surface area contributed by atoms with Gasteiger partial charge in [-0.2, -0.15) is 0 Å². The van der Waals surface area contributed by atoms with Crippen LogP contribution in [0.15, 0.2) is 35.2 Å². The van der Waals surface area contributed by atoms with E-state index in [1.165, 1.54) is 18.2 Å². The van der Waals surface area contributed by atoms with Crippen molar-refractivity contribution in [3.8, 4) is 5.75 Å². The van der Waals surface area contributed by atoms with E-state index in [0.29, 0.717) is 22.0 Å². The van der Waals surface area contributed by atoms with Crippen molar-refractivity contribution in [3.05, 3.63) is 45.9 Å². The summed E-state index contributed by atoms with van der Waals surface area (Å²) < 4.78 is 33.0. The number of hydrogen-bond acceptors (Lipinski definition) is 4. The minimum Gasteiger partial charge on any atom is -0.482 e. The maximum atomic E-state index is 12.7. The molecular weight excluding hydrogens is 375 g/mol. The fourth-order valence-electron chi connectivity index (χ4n) is 2.19. The van der Waals surface area contributed by atoms with Crippen molar-refractivity contribution in [1.29, 1.82) is 0 Å². The normalized spacial score (nSPS) is 13.7. The van der Waals surface area contributed by atoms with Crippen molar-refractivity contribution < 1.29 is 17.9 Å². The number of hydrogen-bond donors (Lipinski definition) is 2. The Kier molecular flexibility index (Phi) is 4.33. The number of amides is 1. The Bertz CT molecular complexity index is 945. The number of nitrogens with one attached hydrogen (secondary N) is 2. The van der Waals surface area contributed by atoms with Gasteiger partial charge in [0.05, 0.1) is 16.4 Å². The van der Waals surface area contributed by atoms with Crippen LogP contribution in [-0.2, 0) is 14.8 Å². The molecule has 0 saturated heterocycles. The molecule has 2 N–H and O–H groups in total. The molecule has 9 heteroatoms. The van der Waals surface area contributed by atoms with Crippen molar-refractivity contribution >= 4 is 50.5 Å². The summed E-state index contributed by atoms with van der Waals surface area (Å²) in [7, 11) is -3.96. The van der Waals surface area contributed by atoms with Crippen molar-refractivity contribution in [2.45, 2.75) is 11.8 Å². The molecule has 0 saturated carbocycles. The predicted octanol–water partition coefficient (Wildman–Crippen LogP) is 3.43. The third-order valence-corrected chi connectivity index (χ3v) is 5.47. The first-order valence-electron chi connectivity index (χ1n) is 6.81. The maximum absolute atomic E-state index is 12.7. The Labute approximate surface area is 148 Å². The van der Waals surface area contributed by atoms with Crippen molar-refractivity contribution in [1.82, 2.24) is 0 Å². The first kappa shape index (κ1) is 16.9. The summed E-state index contributed by atoms with van der Waals surface area (Å²) in [5, 5.41) is 2.93. The lowest BCUT2D eigenvalue weighted by Crippen LogP contribution is -2.26. The lowest BCUT2D eigenvalue weighted by molar-refractivity contribution is -0.118. The number of anilines is 2. The molecule has 2 aromatic rings. The summed E-state index contributed by atoms with van der Waals surface area (Å²) in [6, 6.07) is 7.49. The van der Waals surface area contributed by atoms with E-state index >= 15 is 0 Å². The lowest BCUT2D eigenvalue weighted by Gasteiger charge is -2.20.